The summed E-state index contributed by atoms with van der Waals surface area (Å²) in [5.74, 6) is -0.253. The van der Waals surface area contributed by atoms with Gasteiger partial charge in [-0.2, -0.15) is 4.31 Å². The summed E-state index contributed by atoms with van der Waals surface area (Å²) in [7, 11) is -3.72. The minimum Gasteiger partial charge on any atom is -0.376 e. The number of nitrogens with one attached hydrogen (secondary N) is 2. The van der Waals surface area contributed by atoms with Crippen molar-refractivity contribution in [3.63, 3.8) is 0 Å². The average Bonchev–Trinajstić information content (AvgIpc) is 2.80. The number of amides is 1. The predicted octanol–water partition coefficient (Wildman–Crippen LogP) is 5.09. The van der Waals surface area contributed by atoms with Crippen LogP contribution in [0, 0.1) is 0 Å². The third kappa shape index (κ3) is 5.48. The second-order valence-electron chi connectivity index (χ2n) is 7.05. The molecular formula is C24H26ClN3O3S. The molecule has 0 aliphatic rings. The zero-order chi connectivity index (χ0) is 23.1. The summed E-state index contributed by atoms with van der Waals surface area (Å²) in [6.07, 6.45) is 0. The molecule has 0 unspecified atom stereocenters. The normalized spacial score (nSPS) is 11.4. The van der Waals surface area contributed by atoms with Crippen LogP contribution >= 0.6 is 11.6 Å². The number of anilines is 2. The molecule has 3 aromatic rings. The molecule has 8 heteroatoms. The van der Waals surface area contributed by atoms with Crippen molar-refractivity contribution in [1.82, 2.24) is 4.31 Å². The second-order valence-corrected chi connectivity index (χ2v) is 9.36. The van der Waals surface area contributed by atoms with Crippen LogP contribution in [0.25, 0.3) is 11.1 Å². The number of sulfonamides is 1. The molecule has 0 heterocycles. The van der Waals surface area contributed by atoms with Crippen molar-refractivity contribution in [2.75, 3.05) is 30.3 Å². The Morgan fingerprint density at radius 2 is 1.59 bits per heavy atom. The van der Waals surface area contributed by atoms with Crippen LogP contribution in [0.15, 0.2) is 77.7 Å². The van der Waals surface area contributed by atoms with E-state index in [0.29, 0.717) is 24.5 Å². The van der Waals surface area contributed by atoms with E-state index in [4.69, 9.17) is 11.6 Å². The van der Waals surface area contributed by atoms with E-state index in [1.807, 2.05) is 54.6 Å². The molecule has 32 heavy (non-hydrogen) atoms. The van der Waals surface area contributed by atoms with Crippen LogP contribution in [0.1, 0.15) is 13.8 Å². The molecule has 0 aliphatic heterocycles. The summed E-state index contributed by atoms with van der Waals surface area (Å²) in [6.45, 7) is 4.20. The highest BCUT2D eigenvalue weighted by atomic mass is 35.5. The van der Waals surface area contributed by atoms with Crippen molar-refractivity contribution in [2.45, 2.75) is 18.7 Å². The summed E-state index contributed by atoms with van der Waals surface area (Å²) >= 11 is 6.17. The third-order valence-electron chi connectivity index (χ3n) is 4.99. The number of benzene rings is 3. The summed E-state index contributed by atoms with van der Waals surface area (Å²) in [5.41, 5.74) is 3.11. The molecule has 0 saturated carbocycles. The molecule has 0 bridgehead atoms. The van der Waals surface area contributed by atoms with Gasteiger partial charge < -0.3 is 10.6 Å². The fourth-order valence-corrected chi connectivity index (χ4v) is 5.31. The highest BCUT2D eigenvalue weighted by Gasteiger charge is 2.24. The van der Waals surface area contributed by atoms with Crippen LogP contribution in [-0.2, 0) is 14.8 Å². The Labute approximate surface area is 194 Å². The topological polar surface area (TPSA) is 78.5 Å². The summed E-state index contributed by atoms with van der Waals surface area (Å²) < 4.78 is 27.0. The van der Waals surface area contributed by atoms with E-state index in [9.17, 15) is 13.2 Å². The van der Waals surface area contributed by atoms with E-state index < -0.39 is 10.0 Å². The van der Waals surface area contributed by atoms with Crippen LogP contribution in [0.2, 0.25) is 5.02 Å². The Balaban J connectivity index is 1.73. The summed E-state index contributed by atoms with van der Waals surface area (Å²) in [5, 5.41) is 6.05. The predicted molar refractivity (Wildman–Crippen MR) is 131 cm³/mol. The largest absolute Gasteiger partial charge is 0.376 e. The lowest BCUT2D eigenvalue weighted by atomic mass is 10.0. The zero-order valence-corrected chi connectivity index (χ0v) is 19.6. The Morgan fingerprint density at radius 1 is 0.938 bits per heavy atom. The quantitative estimate of drug-likeness (QED) is 0.455. The number of rotatable bonds is 9. The first kappa shape index (κ1) is 23.8. The Hall–Kier alpha value is -2.87. The van der Waals surface area contributed by atoms with Gasteiger partial charge in [-0.1, -0.05) is 74.0 Å². The molecule has 6 nitrogen and oxygen atoms in total. The summed E-state index contributed by atoms with van der Waals surface area (Å²) in [6, 6.07) is 22.0. The molecule has 3 aromatic carbocycles. The minimum absolute atomic E-state index is 0.0164. The van der Waals surface area contributed by atoms with Crippen LogP contribution in [0.4, 0.5) is 11.4 Å². The van der Waals surface area contributed by atoms with Crippen molar-refractivity contribution in [1.29, 1.82) is 0 Å². The van der Waals surface area contributed by atoms with Crippen molar-refractivity contribution in [3.05, 3.63) is 77.8 Å². The van der Waals surface area contributed by atoms with Gasteiger partial charge in [0.05, 0.1) is 11.6 Å². The van der Waals surface area contributed by atoms with Crippen LogP contribution in [-0.4, -0.2) is 38.3 Å². The van der Waals surface area contributed by atoms with Crippen LogP contribution < -0.4 is 10.6 Å². The molecular weight excluding hydrogens is 446 g/mol. The lowest BCUT2D eigenvalue weighted by Crippen LogP contribution is -2.31. The molecule has 0 aromatic heterocycles. The van der Waals surface area contributed by atoms with E-state index in [-0.39, 0.29) is 22.4 Å². The Morgan fingerprint density at radius 3 is 2.28 bits per heavy atom. The van der Waals surface area contributed by atoms with Gasteiger partial charge >= 0.3 is 0 Å². The van der Waals surface area contributed by atoms with Gasteiger partial charge in [-0.3, -0.25) is 4.79 Å². The Bertz CT molecular complexity index is 1180. The van der Waals surface area contributed by atoms with Crippen molar-refractivity contribution in [3.8, 4) is 11.1 Å². The van der Waals surface area contributed by atoms with Gasteiger partial charge in [0, 0.05) is 30.0 Å². The fraction of sp³-hybridized carbons (Fsp3) is 0.208. The van der Waals surface area contributed by atoms with E-state index in [0.717, 1.165) is 11.1 Å². The maximum Gasteiger partial charge on any atom is 0.244 e. The monoisotopic (exact) mass is 471 g/mol. The number of hydrogen-bond donors (Lipinski definition) is 2. The molecule has 0 fully saturated rings. The number of carbonyl (C=O) groups excluding carboxylic acids is 1. The SMILES string of the molecule is CCN(CC)S(=O)(=O)c1cc(NCC(=O)Nc2ccccc2-c2ccccc2)ccc1Cl. The lowest BCUT2D eigenvalue weighted by molar-refractivity contribution is -0.114. The molecule has 2 N–H and O–H groups in total. The van der Waals surface area contributed by atoms with E-state index in [1.165, 1.54) is 16.4 Å². The fourth-order valence-electron chi connectivity index (χ4n) is 3.35. The third-order valence-corrected chi connectivity index (χ3v) is 7.52. The maximum atomic E-state index is 12.9. The number of nitrogens with zero attached hydrogens (tertiary/aromatic N) is 1. The van der Waals surface area contributed by atoms with Crippen molar-refractivity contribution >= 4 is 38.9 Å². The van der Waals surface area contributed by atoms with Gasteiger partial charge in [0.25, 0.3) is 0 Å². The highest BCUT2D eigenvalue weighted by Crippen LogP contribution is 2.29. The molecule has 0 atom stereocenters. The first-order valence-corrected chi connectivity index (χ1v) is 12.2. The summed E-state index contributed by atoms with van der Waals surface area (Å²) in [4.78, 5) is 12.6. The van der Waals surface area contributed by atoms with Crippen molar-refractivity contribution in [2.24, 2.45) is 0 Å². The van der Waals surface area contributed by atoms with E-state index in [1.54, 1.807) is 19.9 Å². The van der Waals surface area contributed by atoms with Gasteiger partial charge in [-0.25, -0.2) is 8.42 Å². The van der Waals surface area contributed by atoms with Crippen LogP contribution in [0.5, 0.6) is 0 Å². The number of carbonyl (C=O) groups is 1. The van der Waals surface area contributed by atoms with Crippen molar-refractivity contribution < 1.29 is 13.2 Å². The molecule has 3 rings (SSSR count). The molecule has 0 radical (unpaired) electrons. The highest BCUT2D eigenvalue weighted by molar-refractivity contribution is 7.89. The van der Waals surface area contributed by atoms with E-state index in [2.05, 4.69) is 10.6 Å². The molecule has 0 saturated heterocycles. The smallest absolute Gasteiger partial charge is 0.244 e. The molecule has 168 valence electrons. The first-order chi connectivity index (χ1) is 15.4. The number of halogens is 1. The van der Waals surface area contributed by atoms with Gasteiger partial charge in [-0.15, -0.1) is 0 Å². The standard InChI is InChI=1S/C24H26ClN3O3S/c1-3-28(4-2)32(30,31)23-16-19(14-15-21(23)25)26-17-24(29)27-22-13-9-8-12-20(22)18-10-6-5-7-11-18/h5-16,26H,3-4,17H2,1-2H3,(H,27,29). The average molecular weight is 472 g/mol. The molecule has 1 amide bonds. The zero-order valence-electron chi connectivity index (χ0n) is 18.0. The van der Waals surface area contributed by atoms with Gasteiger partial charge in [0.2, 0.25) is 15.9 Å². The molecule has 0 aliphatic carbocycles. The van der Waals surface area contributed by atoms with E-state index >= 15 is 0 Å². The lowest BCUT2D eigenvalue weighted by Gasteiger charge is -2.20. The number of hydrogen-bond acceptors (Lipinski definition) is 4. The van der Waals surface area contributed by atoms with Gasteiger partial charge in [0.1, 0.15) is 4.90 Å². The van der Waals surface area contributed by atoms with Gasteiger partial charge in [-0.05, 0) is 29.8 Å². The second kappa shape index (κ2) is 10.6. The van der Waals surface area contributed by atoms with Gasteiger partial charge in [0.15, 0.2) is 0 Å². The molecule has 0 spiro atoms. The van der Waals surface area contributed by atoms with Crippen LogP contribution in [0.3, 0.4) is 0 Å². The first-order valence-electron chi connectivity index (χ1n) is 10.3. The Kier molecular flexibility index (Phi) is 7.90. The minimum atomic E-state index is -3.72. The number of para-hydroxylation sites is 1. The maximum absolute atomic E-state index is 12.9.